The van der Waals surface area contributed by atoms with Gasteiger partial charge in [0, 0.05) is 38.4 Å². The van der Waals surface area contributed by atoms with E-state index in [1.807, 2.05) is 34.7 Å². The largest absolute Gasteiger partial charge is 0.357 e. The molecule has 0 saturated carbocycles. The van der Waals surface area contributed by atoms with Gasteiger partial charge in [0.25, 0.3) is 5.91 Å². The maximum absolute atomic E-state index is 13.3. The Kier molecular flexibility index (Phi) is 7.66. The van der Waals surface area contributed by atoms with Gasteiger partial charge in [-0.15, -0.1) is 11.3 Å². The fourth-order valence-corrected chi connectivity index (χ4v) is 5.31. The third-order valence-corrected chi connectivity index (χ3v) is 7.86. The lowest BCUT2D eigenvalue weighted by atomic mass is 10.0. The van der Waals surface area contributed by atoms with Gasteiger partial charge in [0.2, 0.25) is 5.91 Å². The second-order valence-electron chi connectivity index (χ2n) is 9.11. The van der Waals surface area contributed by atoms with Gasteiger partial charge in [-0.3, -0.25) is 9.59 Å². The van der Waals surface area contributed by atoms with Gasteiger partial charge in [0.1, 0.15) is 11.9 Å². The Morgan fingerprint density at radius 2 is 2.00 bits per heavy atom. The molecule has 1 aliphatic rings. The summed E-state index contributed by atoms with van der Waals surface area (Å²) in [5, 5.41) is 12.3. The van der Waals surface area contributed by atoms with Gasteiger partial charge in [0.05, 0.1) is 28.0 Å². The van der Waals surface area contributed by atoms with Crippen LogP contribution in [0.25, 0.3) is 27.5 Å². The zero-order valence-electron chi connectivity index (χ0n) is 21.8. The predicted octanol–water partition coefficient (Wildman–Crippen LogP) is 2.92. The maximum Gasteiger partial charge on any atom is 0.251 e. The van der Waals surface area contributed by atoms with E-state index in [1.54, 1.807) is 41.2 Å². The molecule has 2 N–H and O–H groups in total. The topological polar surface area (TPSA) is 108 Å². The van der Waals surface area contributed by atoms with Crippen molar-refractivity contribution in [1.29, 1.82) is 0 Å². The molecule has 0 bridgehead atoms. The lowest BCUT2D eigenvalue weighted by Gasteiger charge is -2.40. The first-order valence-corrected chi connectivity index (χ1v) is 13.8. The van der Waals surface area contributed by atoms with Crippen LogP contribution in [-0.2, 0) is 4.79 Å². The Bertz CT molecular complexity index is 1430. The number of aromatic nitrogens is 4. The van der Waals surface area contributed by atoms with Gasteiger partial charge >= 0.3 is 0 Å². The number of carbonyl (C=O) groups excluding carboxylic acids is 2. The summed E-state index contributed by atoms with van der Waals surface area (Å²) in [6, 6.07) is 9.19. The number of carbonyl (C=O) groups is 2. The van der Waals surface area contributed by atoms with Gasteiger partial charge < -0.3 is 20.4 Å². The van der Waals surface area contributed by atoms with Crippen LogP contribution in [0.2, 0.25) is 0 Å². The highest BCUT2D eigenvalue weighted by atomic mass is 32.1. The first-order chi connectivity index (χ1) is 18.5. The van der Waals surface area contributed by atoms with Gasteiger partial charge in [-0.05, 0) is 49.2 Å². The quantitative estimate of drug-likeness (QED) is 0.323. The van der Waals surface area contributed by atoms with E-state index in [0.717, 1.165) is 42.2 Å². The van der Waals surface area contributed by atoms with Crippen LogP contribution in [0, 0.1) is 0 Å². The van der Waals surface area contributed by atoms with Crippen LogP contribution >= 0.6 is 11.3 Å². The highest BCUT2D eigenvalue weighted by Crippen LogP contribution is 2.31. The van der Waals surface area contributed by atoms with E-state index < -0.39 is 0 Å². The summed E-state index contributed by atoms with van der Waals surface area (Å²) in [6.45, 7) is 8.08. The molecule has 1 saturated heterocycles. The van der Waals surface area contributed by atoms with Crippen molar-refractivity contribution in [2.75, 3.05) is 44.7 Å². The molecular formula is C27H32N8O2S. The average Bonchev–Trinajstić information content (AvgIpc) is 3.60. The van der Waals surface area contributed by atoms with Gasteiger partial charge in [-0.1, -0.05) is 19.9 Å². The zero-order valence-corrected chi connectivity index (χ0v) is 22.7. The van der Waals surface area contributed by atoms with E-state index in [2.05, 4.69) is 34.5 Å². The van der Waals surface area contributed by atoms with Crippen LogP contribution in [-0.4, -0.2) is 82.1 Å². The standard InChI is InChI=1S/C27H32N8O2S/c1-4-33(5-2)13-10-29-26(36)18-15-21(31-24(16-18)34-11-9-22(34)27(37)28-3)19-17-30-35-12-8-20(32-25(19)35)23-7-6-14-38-23/h6-8,12,14-17,22H,4-5,9-11,13H2,1-3H3,(H,28,37)(H,29,36)/t22-/m0/s1. The Hall–Kier alpha value is -3.83. The first kappa shape index (κ1) is 25.8. The lowest BCUT2D eigenvalue weighted by molar-refractivity contribution is -0.123. The number of fused-ring (bicyclic) bond motifs is 1. The lowest BCUT2D eigenvalue weighted by Crippen LogP contribution is -2.56. The minimum absolute atomic E-state index is 0.0630. The number of thiophene rings is 1. The van der Waals surface area contributed by atoms with E-state index >= 15 is 0 Å². The van der Waals surface area contributed by atoms with E-state index in [0.29, 0.717) is 35.8 Å². The van der Waals surface area contributed by atoms with Crippen molar-refractivity contribution in [3.63, 3.8) is 0 Å². The van der Waals surface area contributed by atoms with Crippen LogP contribution < -0.4 is 15.5 Å². The third kappa shape index (κ3) is 5.11. The molecular weight excluding hydrogens is 500 g/mol. The number of hydrogen-bond acceptors (Lipinski definition) is 8. The number of nitrogens with zero attached hydrogens (tertiary/aromatic N) is 6. The van der Waals surface area contributed by atoms with Crippen molar-refractivity contribution in [3.05, 3.63) is 53.7 Å². The highest BCUT2D eigenvalue weighted by Gasteiger charge is 2.35. The minimum Gasteiger partial charge on any atom is -0.357 e. The number of pyridine rings is 1. The second kappa shape index (κ2) is 11.3. The number of nitrogens with one attached hydrogen (secondary N) is 2. The molecule has 0 spiro atoms. The van der Waals surface area contributed by atoms with E-state index in [9.17, 15) is 9.59 Å². The summed E-state index contributed by atoms with van der Waals surface area (Å²) in [7, 11) is 1.63. The van der Waals surface area contributed by atoms with Gasteiger partial charge in [-0.25, -0.2) is 14.5 Å². The summed E-state index contributed by atoms with van der Waals surface area (Å²) >= 11 is 1.62. The molecule has 0 unspecified atom stereocenters. The van der Waals surface area contributed by atoms with Crippen LogP contribution in [0.5, 0.6) is 0 Å². The van der Waals surface area contributed by atoms with E-state index in [1.165, 1.54) is 0 Å². The number of likely N-dealkylation sites (N-methyl/N-ethyl adjacent to an activating group) is 2. The summed E-state index contributed by atoms with van der Waals surface area (Å²) in [5.74, 6) is 0.347. The average molecular weight is 533 g/mol. The molecule has 1 aliphatic heterocycles. The summed E-state index contributed by atoms with van der Waals surface area (Å²) < 4.78 is 1.71. The molecule has 5 rings (SSSR count). The Balaban J connectivity index is 1.52. The van der Waals surface area contributed by atoms with Gasteiger partial charge in [-0.2, -0.15) is 5.10 Å². The monoisotopic (exact) mass is 532 g/mol. The number of hydrogen-bond donors (Lipinski definition) is 2. The second-order valence-corrected chi connectivity index (χ2v) is 10.1. The molecule has 5 heterocycles. The fraction of sp³-hybridized carbons (Fsp3) is 0.370. The van der Waals surface area contributed by atoms with Crippen molar-refractivity contribution in [2.24, 2.45) is 0 Å². The summed E-state index contributed by atoms with van der Waals surface area (Å²) in [4.78, 5) is 40.7. The van der Waals surface area contributed by atoms with Crippen molar-refractivity contribution >= 4 is 34.6 Å². The van der Waals surface area contributed by atoms with Crippen molar-refractivity contribution in [3.8, 4) is 21.8 Å². The summed E-state index contributed by atoms with van der Waals surface area (Å²) in [6.07, 6.45) is 4.34. The Labute approximate surface area is 225 Å². The molecule has 4 aromatic heterocycles. The van der Waals surface area contributed by atoms with Crippen molar-refractivity contribution in [1.82, 2.24) is 35.1 Å². The van der Waals surface area contributed by atoms with Crippen molar-refractivity contribution in [2.45, 2.75) is 26.3 Å². The molecule has 198 valence electrons. The first-order valence-electron chi connectivity index (χ1n) is 12.9. The number of rotatable bonds is 10. The highest BCUT2D eigenvalue weighted by molar-refractivity contribution is 7.13. The number of amides is 2. The molecule has 38 heavy (non-hydrogen) atoms. The third-order valence-electron chi connectivity index (χ3n) is 6.96. The SMILES string of the molecule is CCN(CC)CCNC(=O)c1cc(-c2cnn3ccc(-c4cccs4)nc23)nc(N2CC[C@H]2C(=O)NC)c1. The molecule has 0 radical (unpaired) electrons. The van der Waals surface area contributed by atoms with Crippen LogP contribution in [0.4, 0.5) is 5.82 Å². The molecule has 2 amide bonds. The zero-order chi connectivity index (χ0) is 26.6. The molecule has 11 heteroatoms. The van der Waals surface area contributed by atoms with Crippen LogP contribution in [0.3, 0.4) is 0 Å². The minimum atomic E-state index is -0.311. The Morgan fingerprint density at radius 1 is 1.16 bits per heavy atom. The van der Waals surface area contributed by atoms with Gasteiger partial charge in [0.15, 0.2) is 5.65 Å². The number of anilines is 1. The normalized spacial score (nSPS) is 15.1. The van der Waals surface area contributed by atoms with Crippen LogP contribution in [0.15, 0.2) is 48.1 Å². The van der Waals surface area contributed by atoms with E-state index in [-0.39, 0.29) is 17.9 Å². The molecule has 1 fully saturated rings. The fourth-order valence-electron chi connectivity index (χ4n) is 4.61. The molecule has 0 aliphatic carbocycles. The maximum atomic E-state index is 13.3. The molecule has 1 atom stereocenters. The molecule has 10 nitrogen and oxygen atoms in total. The predicted molar refractivity (Wildman–Crippen MR) is 149 cm³/mol. The molecule has 0 aromatic carbocycles. The van der Waals surface area contributed by atoms with Crippen molar-refractivity contribution < 1.29 is 9.59 Å². The molecule has 4 aromatic rings. The van der Waals surface area contributed by atoms with Crippen LogP contribution in [0.1, 0.15) is 30.6 Å². The Morgan fingerprint density at radius 3 is 2.68 bits per heavy atom. The summed E-state index contributed by atoms with van der Waals surface area (Å²) in [5.41, 5.74) is 3.30. The van der Waals surface area contributed by atoms with E-state index in [4.69, 9.17) is 9.97 Å². The smallest absolute Gasteiger partial charge is 0.251 e.